The fourth-order valence-corrected chi connectivity index (χ4v) is 2.36. The molecule has 3 rings (SSSR count). The van der Waals surface area contributed by atoms with Crippen LogP contribution in [0.25, 0.3) is 16.6 Å². The number of hydrogen-bond acceptors (Lipinski definition) is 2. The molecule has 2 heterocycles. The third-order valence-corrected chi connectivity index (χ3v) is 3.15. The zero-order valence-corrected chi connectivity index (χ0v) is 12.0. The van der Waals surface area contributed by atoms with Crippen molar-refractivity contribution in [2.45, 2.75) is 26.3 Å². The Morgan fingerprint density at radius 2 is 1.95 bits per heavy atom. The quantitative estimate of drug-likeness (QED) is 0.714. The normalized spacial score (nSPS) is 12.2. The molecule has 3 aromatic rings. The summed E-state index contributed by atoms with van der Waals surface area (Å²) in [4.78, 5) is 4.71. The van der Waals surface area contributed by atoms with Gasteiger partial charge in [0.25, 0.3) is 0 Å². The molecule has 0 radical (unpaired) electrons. The minimum atomic E-state index is -0.0299. The Kier molecular flexibility index (Phi) is 2.68. The fourth-order valence-electron chi connectivity index (χ4n) is 2.19. The van der Waals surface area contributed by atoms with Gasteiger partial charge in [0, 0.05) is 16.8 Å². The third kappa shape index (κ3) is 2.26. The average molecular weight is 274 g/mol. The number of hydrogen-bond donors (Lipinski definition) is 1. The molecular weight excluding hydrogens is 258 g/mol. The van der Waals surface area contributed by atoms with Gasteiger partial charge in [-0.2, -0.15) is 0 Å². The highest BCUT2D eigenvalue weighted by Gasteiger charge is 2.14. The molecule has 0 amide bonds. The molecule has 3 nitrogen and oxygen atoms in total. The Hall–Kier alpha value is -1.74. The summed E-state index contributed by atoms with van der Waals surface area (Å²) < 4.78 is 2.11. The predicted molar refractivity (Wildman–Crippen MR) is 81.1 cm³/mol. The second kappa shape index (κ2) is 4.14. The van der Waals surface area contributed by atoms with Crippen molar-refractivity contribution < 1.29 is 0 Å². The summed E-state index contributed by atoms with van der Waals surface area (Å²) in [5.41, 5.74) is 2.98. The summed E-state index contributed by atoms with van der Waals surface area (Å²) in [5, 5.41) is 4.18. The van der Waals surface area contributed by atoms with Crippen LogP contribution >= 0.6 is 11.6 Å². The number of benzene rings is 1. The number of nitrogens with one attached hydrogen (secondary N) is 1. The van der Waals surface area contributed by atoms with Crippen LogP contribution in [-0.4, -0.2) is 14.9 Å². The van der Waals surface area contributed by atoms with Crippen molar-refractivity contribution in [1.29, 1.82) is 0 Å². The molecule has 0 saturated heterocycles. The van der Waals surface area contributed by atoms with Crippen LogP contribution in [0.3, 0.4) is 0 Å². The van der Waals surface area contributed by atoms with Crippen molar-refractivity contribution in [3.8, 4) is 0 Å². The van der Waals surface area contributed by atoms with Crippen molar-refractivity contribution in [3.63, 3.8) is 0 Å². The van der Waals surface area contributed by atoms with Gasteiger partial charge < -0.3 is 9.72 Å². The van der Waals surface area contributed by atoms with Crippen LogP contribution in [0.15, 0.2) is 36.5 Å². The topological polar surface area (TPSA) is 29.3 Å². The van der Waals surface area contributed by atoms with E-state index in [1.165, 1.54) is 0 Å². The minimum absolute atomic E-state index is 0.0299. The maximum absolute atomic E-state index is 6.08. The van der Waals surface area contributed by atoms with E-state index < -0.39 is 0 Å². The molecule has 2 aromatic heterocycles. The van der Waals surface area contributed by atoms with E-state index in [-0.39, 0.29) is 5.54 Å². The highest BCUT2D eigenvalue weighted by atomic mass is 35.5. The minimum Gasteiger partial charge on any atom is -0.364 e. The van der Waals surface area contributed by atoms with Crippen LogP contribution in [0.5, 0.6) is 0 Å². The van der Waals surface area contributed by atoms with Crippen molar-refractivity contribution in [3.05, 3.63) is 41.6 Å². The highest BCUT2D eigenvalue weighted by Crippen LogP contribution is 2.26. The van der Waals surface area contributed by atoms with E-state index in [9.17, 15) is 0 Å². The monoisotopic (exact) mass is 273 g/mol. The molecule has 0 saturated carbocycles. The molecule has 0 aliphatic rings. The maximum atomic E-state index is 6.08. The van der Waals surface area contributed by atoms with E-state index in [0.717, 1.165) is 27.4 Å². The summed E-state index contributed by atoms with van der Waals surface area (Å²) in [6, 6.07) is 9.84. The highest BCUT2D eigenvalue weighted by molar-refractivity contribution is 6.31. The molecule has 19 heavy (non-hydrogen) atoms. The van der Waals surface area contributed by atoms with Gasteiger partial charge >= 0.3 is 0 Å². The van der Waals surface area contributed by atoms with E-state index in [1.54, 1.807) is 0 Å². The Labute approximate surface area is 117 Å². The molecule has 0 aliphatic heterocycles. The van der Waals surface area contributed by atoms with Crippen LogP contribution in [0, 0.1) is 0 Å². The number of fused-ring (bicyclic) bond motifs is 3. The SMILES string of the molecule is CC(C)(C)Nc1nc2ccc(Cl)cc2n2cccc12. The second-order valence-corrected chi connectivity index (χ2v) is 6.17. The van der Waals surface area contributed by atoms with Crippen molar-refractivity contribution in [2.75, 3.05) is 5.32 Å². The first-order valence-corrected chi connectivity index (χ1v) is 6.66. The number of halogens is 1. The average Bonchev–Trinajstić information content (AvgIpc) is 2.77. The van der Waals surface area contributed by atoms with Crippen molar-refractivity contribution in [2.24, 2.45) is 0 Å². The molecule has 0 aliphatic carbocycles. The zero-order chi connectivity index (χ0) is 13.6. The van der Waals surface area contributed by atoms with Crippen LogP contribution < -0.4 is 5.32 Å². The molecule has 0 spiro atoms. The molecule has 4 heteroatoms. The molecule has 1 N–H and O–H groups in total. The molecule has 0 fully saturated rings. The van der Waals surface area contributed by atoms with Gasteiger partial charge in [0.1, 0.15) is 0 Å². The van der Waals surface area contributed by atoms with Crippen LogP contribution in [0.1, 0.15) is 20.8 Å². The largest absolute Gasteiger partial charge is 0.364 e. The molecule has 98 valence electrons. The number of anilines is 1. The summed E-state index contributed by atoms with van der Waals surface area (Å²) in [6.07, 6.45) is 2.03. The first-order chi connectivity index (χ1) is 8.94. The lowest BCUT2D eigenvalue weighted by Crippen LogP contribution is -2.27. The van der Waals surface area contributed by atoms with E-state index in [4.69, 9.17) is 16.6 Å². The smallest absolute Gasteiger partial charge is 0.151 e. The summed E-state index contributed by atoms with van der Waals surface area (Å²) in [7, 11) is 0. The molecule has 0 atom stereocenters. The van der Waals surface area contributed by atoms with E-state index in [1.807, 2.05) is 30.5 Å². The van der Waals surface area contributed by atoms with Gasteiger partial charge in [0.05, 0.1) is 16.6 Å². The van der Waals surface area contributed by atoms with Crippen molar-refractivity contribution in [1.82, 2.24) is 9.38 Å². The van der Waals surface area contributed by atoms with Gasteiger partial charge in [-0.05, 0) is 51.1 Å². The van der Waals surface area contributed by atoms with Gasteiger partial charge in [-0.3, -0.25) is 0 Å². The van der Waals surface area contributed by atoms with Gasteiger partial charge in [0.2, 0.25) is 0 Å². The Balaban J connectivity index is 2.32. The van der Waals surface area contributed by atoms with E-state index >= 15 is 0 Å². The Morgan fingerprint density at radius 1 is 1.16 bits per heavy atom. The number of nitrogens with zero attached hydrogens (tertiary/aromatic N) is 2. The lowest BCUT2D eigenvalue weighted by molar-refractivity contribution is 0.631. The molecule has 0 bridgehead atoms. The van der Waals surface area contributed by atoms with Gasteiger partial charge in [0.15, 0.2) is 5.82 Å². The fraction of sp³-hybridized carbons (Fsp3) is 0.267. The van der Waals surface area contributed by atoms with E-state index in [0.29, 0.717) is 0 Å². The Morgan fingerprint density at radius 3 is 2.68 bits per heavy atom. The lowest BCUT2D eigenvalue weighted by Gasteiger charge is -2.22. The van der Waals surface area contributed by atoms with Crippen LogP contribution in [0.2, 0.25) is 5.02 Å². The number of rotatable bonds is 1. The summed E-state index contributed by atoms with van der Waals surface area (Å²) >= 11 is 6.08. The van der Waals surface area contributed by atoms with Gasteiger partial charge in [-0.25, -0.2) is 4.98 Å². The van der Waals surface area contributed by atoms with E-state index in [2.05, 4.69) is 36.6 Å². The Bertz CT molecular complexity index is 753. The second-order valence-electron chi connectivity index (χ2n) is 5.73. The molecular formula is C15H16ClN3. The first kappa shape index (κ1) is 12.3. The van der Waals surface area contributed by atoms with Gasteiger partial charge in [-0.1, -0.05) is 11.6 Å². The van der Waals surface area contributed by atoms with Gasteiger partial charge in [-0.15, -0.1) is 0 Å². The number of aromatic nitrogens is 2. The molecule has 1 aromatic carbocycles. The molecule has 0 unspecified atom stereocenters. The van der Waals surface area contributed by atoms with Crippen molar-refractivity contribution >= 4 is 34.0 Å². The predicted octanol–water partition coefficient (Wildman–Crippen LogP) is 4.35. The maximum Gasteiger partial charge on any atom is 0.151 e. The first-order valence-electron chi connectivity index (χ1n) is 6.28. The third-order valence-electron chi connectivity index (χ3n) is 2.91. The lowest BCUT2D eigenvalue weighted by atomic mass is 10.1. The summed E-state index contributed by atoms with van der Waals surface area (Å²) in [5.74, 6) is 0.896. The standard InChI is InChI=1S/C15H16ClN3/c1-15(2,3)18-14-12-5-4-8-19(12)13-9-10(16)6-7-11(13)17-14/h4-9H,1-3H3,(H,17,18). The summed E-state index contributed by atoms with van der Waals surface area (Å²) in [6.45, 7) is 6.38. The zero-order valence-electron chi connectivity index (χ0n) is 11.2. The van der Waals surface area contributed by atoms with Crippen LogP contribution in [0.4, 0.5) is 5.82 Å². The van der Waals surface area contributed by atoms with Crippen LogP contribution in [-0.2, 0) is 0 Å².